The van der Waals surface area contributed by atoms with E-state index in [9.17, 15) is 9.18 Å². The van der Waals surface area contributed by atoms with Gasteiger partial charge in [0.1, 0.15) is 10.7 Å². The maximum absolute atomic E-state index is 13.5. The van der Waals surface area contributed by atoms with Crippen LogP contribution in [0.1, 0.15) is 20.8 Å². The Bertz CT molecular complexity index is 713. The van der Waals surface area contributed by atoms with Gasteiger partial charge in [0.2, 0.25) is 0 Å². The molecule has 1 heterocycles. The highest BCUT2D eigenvalue weighted by Crippen LogP contribution is 2.35. The molecule has 0 spiro atoms. The van der Waals surface area contributed by atoms with E-state index < -0.39 is 11.8 Å². The largest absolute Gasteiger partial charge is 0.477 e. The van der Waals surface area contributed by atoms with E-state index in [0.717, 1.165) is 22.5 Å². The van der Waals surface area contributed by atoms with Crippen LogP contribution in [0.4, 0.5) is 10.1 Å². The van der Waals surface area contributed by atoms with Gasteiger partial charge in [-0.2, -0.15) is 0 Å². The molecule has 2 rings (SSSR count). The molecule has 0 radical (unpaired) electrons. The van der Waals surface area contributed by atoms with Gasteiger partial charge in [-0.15, -0.1) is 11.3 Å². The van der Waals surface area contributed by atoms with E-state index in [-0.39, 0.29) is 4.88 Å². The second-order valence-electron chi connectivity index (χ2n) is 4.14. The summed E-state index contributed by atoms with van der Waals surface area (Å²) in [6.07, 6.45) is 0. The summed E-state index contributed by atoms with van der Waals surface area (Å²) in [7, 11) is 0. The lowest BCUT2D eigenvalue weighted by atomic mass is 10.0. The highest BCUT2D eigenvalue weighted by atomic mass is 32.1. The van der Waals surface area contributed by atoms with E-state index in [1.54, 1.807) is 6.07 Å². The fourth-order valence-corrected chi connectivity index (χ4v) is 2.62. The quantitative estimate of drug-likeness (QED) is 0.824. The van der Waals surface area contributed by atoms with Crippen LogP contribution in [0.15, 0.2) is 18.2 Å². The van der Waals surface area contributed by atoms with Crippen LogP contribution in [0.5, 0.6) is 0 Å². The van der Waals surface area contributed by atoms with Gasteiger partial charge in [-0.1, -0.05) is 11.6 Å². The van der Waals surface area contributed by atoms with Crippen molar-refractivity contribution in [3.8, 4) is 10.4 Å². The van der Waals surface area contributed by atoms with E-state index in [1.807, 2.05) is 19.9 Å². The average molecular weight is 275 g/mol. The molecule has 19 heavy (non-hydrogen) atoms. The van der Waals surface area contributed by atoms with Gasteiger partial charge in [0.15, 0.2) is 5.69 Å². The van der Waals surface area contributed by atoms with E-state index >= 15 is 0 Å². The zero-order chi connectivity index (χ0) is 14.2. The predicted molar refractivity (Wildman–Crippen MR) is 72.4 cm³/mol. The molecule has 0 aliphatic rings. The van der Waals surface area contributed by atoms with Crippen LogP contribution in [-0.4, -0.2) is 11.1 Å². The topological polar surface area (TPSA) is 41.7 Å². The van der Waals surface area contributed by atoms with Crippen molar-refractivity contribution in [1.29, 1.82) is 0 Å². The molecule has 0 atom stereocenters. The summed E-state index contributed by atoms with van der Waals surface area (Å²) in [6.45, 7) is 10.8. The summed E-state index contributed by atoms with van der Waals surface area (Å²) in [5.74, 6) is -2.02. The third-order valence-electron chi connectivity index (χ3n) is 2.93. The smallest absolute Gasteiger partial charge is 0.348 e. The van der Waals surface area contributed by atoms with Gasteiger partial charge in [-0.25, -0.2) is 14.0 Å². The zero-order valence-electron chi connectivity index (χ0n) is 10.3. The Balaban J connectivity index is 2.60. The molecular formula is C14H10FNO2S. The fourth-order valence-electron chi connectivity index (χ4n) is 1.76. The Labute approximate surface area is 113 Å². The number of aromatic carboxylic acids is 1. The van der Waals surface area contributed by atoms with Crippen molar-refractivity contribution in [3.05, 3.63) is 51.4 Å². The van der Waals surface area contributed by atoms with E-state index in [0.29, 0.717) is 16.1 Å². The normalized spacial score (nSPS) is 10.2. The van der Waals surface area contributed by atoms with Crippen LogP contribution in [0, 0.1) is 26.2 Å². The number of thiophene rings is 1. The van der Waals surface area contributed by atoms with E-state index in [1.165, 1.54) is 6.07 Å². The first-order chi connectivity index (χ1) is 8.93. The molecular weight excluding hydrogens is 265 g/mol. The van der Waals surface area contributed by atoms with Crippen LogP contribution in [-0.2, 0) is 0 Å². The molecule has 0 fully saturated rings. The summed E-state index contributed by atoms with van der Waals surface area (Å²) in [5.41, 5.74) is 2.98. The molecule has 1 aromatic carbocycles. The average Bonchev–Trinajstić information content (AvgIpc) is 2.74. The van der Waals surface area contributed by atoms with Crippen molar-refractivity contribution in [2.24, 2.45) is 0 Å². The lowest BCUT2D eigenvalue weighted by Gasteiger charge is -2.06. The molecule has 0 saturated carbocycles. The van der Waals surface area contributed by atoms with Gasteiger partial charge in [-0.3, -0.25) is 0 Å². The highest BCUT2D eigenvalue weighted by Gasteiger charge is 2.17. The molecule has 0 aliphatic carbocycles. The molecule has 0 saturated heterocycles. The second-order valence-corrected chi connectivity index (χ2v) is 5.19. The standard InChI is InChI=1S/C14H10FNO2S/c1-7-4-9(5-11(16-3)8(7)2)12-6-10(15)13(19-12)14(17)18/h4-6H,1-2H3,(H,17,18). The molecule has 5 heteroatoms. The molecule has 1 aromatic heterocycles. The number of hydrogen-bond donors (Lipinski definition) is 1. The minimum atomic E-state index is -1.28. The summed E-state index contributed by atoms with van der Waals surface area (Å²) < 4.78 is 13.5. The number of benzene rings is 1. The van der Waals surface area contributed by atoms with Gasteiger partial charge >= 0.3 is 5.97 Å². The van der Waals surface area contributed by atoms with Gasteiger partial charge in [0, 0.05) is 4.88 Å². The maximum Gasteiger partial charge on any atom is 0.348 e. The summed E-state index contributed by atoms with van der Waals surface area (Å²) >= 11 is 0.877. The number of carboxylic acid groups (broad SMARTS) is 1. The van der Waals surface area contributed by atoms with Crippen LogP contribution in [0.25, 0.3) is 15.3 Å². The van der Waals surface area contributed by atoms with Crippen molar-refractivity contribution in [2.45, 2.75) is 13.8 Å². The molecule has 0 amide bonds. The number of carbonyl (C=O) groups is 1. The maximum atomic E-state index is 13.5. The first-order valence-electron chi connectivity index (χ1n) is 5.45. The van der Waals surface area contributed by atoms with Crippen LogP contribution in [0.3, 0.4) is 0 Å². The monoisotopic (exact) mass is 275 g/mol. The molecule has 96 valence electrons. The Morgan fingerprint density at radius 2 is 2.05 bits per heavy atom. The third kappa shape index (κ3) is 2.35. The second kappa shape index (κ2) is 4.82. The summed E-state index contributed by atoms with van der Waals surface area (Å²) in [5, 5.41) is 8.85. The lowest BCUT2D eigenvalue weighted by molar-refractivity contribution is 0.0697. The lowest BCUT2D eigenvalue weighted by Crippen LogP contribution is -1.93. The molecule has 3 nitrogen and oxygen atoms in total. The van der Waals surface area contributed by atoms with Gasteiger partial charge in [0.25, 0.3) is 0 Å². The van der Waals surface area contributed by atoms with Crippen molar-refractivity contribution >= 4 is 23.0 Å². The van der Waals surface area contributed by atoms with Crippen molar-refractivity contribution in [1.82, 2.24) is 0 Å². The molecule has 1 N–H and O–H groups in total. The highest BCUT2D eigenvalue weighted by molar-refractivity contribution is 7.17. The van der Waals surface area contributed by atoms with E-state index in [2.05, 4.69) is 4.85 Å². The first kappa shape index (κ1) is 13.2. The number of halogens is 1. The zero-order valence-corrected chi connectivity index (χ0v) is 11.1. The summed E-state index contributed by atoms with van der Waals surface area (Å²) in [6, 6.07) is 4.69. The van der Waals surface area contributed by atoms with Gasteiger partial charge in [0.05, 0.1) is 6.57 Å². The molecule has 2 aromatic rings. The van der Waals surface area contributed by atoms with Crippen molar-refractivity contribution < 1.29 is 14.3 Å². The van der Waals surface area contributed by atoms with Crippen LogP contribution in [0.2, 0.25) is 0 Å². The fraction of sp³-hybridized carbons (Fsp3) is 0.143. The minimum absolute atomic E-state index is 0.308. The Morgan fingerprint density at radius 3 is 2.58 bits per heavy atom. The number of nitrogens with zero attached hydrogens (tertiary/aromatic N) is 1. The Hall–Kier alpha value is -2.19. The Kier molecular flexibility index (Phi) is 3.36. The van der Waals surface area contributed by atoms with Gasteiger partial charge in [-0.05, 0) is 37.1 Å². The SMILES string of the molecule is [C-]#[N+]c1cc(-c2cc(F)c(C(=O)O)s2)cc(C)c1C. The number of hydrogen-bond acceptors (Lipinski definition) is 2. The van der Waals surface area contributed by atoms with Crippen LogP contribution >= 0.6 is 11.3 Å². The van der Waals surface area contributed by atoms with Crippen LogP contribution < -0.4 is 0 Å². The number of aryl methyl sites for hydroxylation is 1. The van der Waals surface area contributed by atoms with Crippen molar-refractivity contribution in [3.63, 3.8) is 0 Å². The molecule has 0 aliphatic heterocycles. The van der Waals surface area contributed by atoms with Crippen molar-refractivity contribution in [2.75, 3.05) is 0 Å². The molecule has 0 bridgehead atoms. The third-order valence-corrected chi connectivity index (χ3v) is 4.07. The Morgan fingerprint density at radius 1 is 1.37 bits per heavy atom. The number of rotatable bonds is 2. The number of carboxylic acids is 1. The predicted octanol–water partition coefficient (Wildman–Crippen LogP) is 4.42. The molecule has 0 unspecified atom stereocenters. The van der Waals surface area contributed by atoms with E-state index in [4.69, 9.17) is 11.7 Å². The summed E-state index contributed by atoms with van der Waals surface area (Å²) in [4.78, 5) is 14.5. The van der Waals surface area contributed by atoms with Gasteiger partial charge < -0.3 is 5.11 Å². The first-order valence-corrected chi connectivity index (χ1v) is 6.27. The minimum Gasteiger partial charge on any atom is -0.477 e.